The molecule has 4 unspecified atom stereocenters. The van der Waals surface area contributed by atoms with Gasteiger partial charge in [0.2, 0.25) is 0 Å². The van der Waals surface area contributed by atoms with Crippen LogP contribution >= 0.6 is 0 Å². The molecule has 264 valence electrons. The zero-order valence-electron chi connectivity index (χ0n) is 29.4. The summed E-state index contributed by atoms with van der Waals surface area (Å²) in [5.41, 5.74) is 2.27. The maximum Gasteiger partial charge on any atom is 0.308 e. The first-order valence-electron chi connectivity index (χ1n) is 18.0. The van der Waals surface area contributed by atoms with Gasteiger partial charge in [0.15, 0.2) is 0 Å². The Morgan fingerprint density at radius 1 is 0.612 bits per heavy atom. The van der Waals surface area contributed by atoms with Crippen LogP contribution in [0.5, 0.6) is 11.5 Å². The number of esters is 4. The van der Waals surface area contributed by atoms with E-state index < -0.39 is 0 Å². The lowest BCUT2D eigenvalue weighted by atomic mass is 9.95. The molecular formula is C39H52N2O8+2. The van der Waals surface area contributed by atoms with E-state index in [1.54, 1.807) is 12.1 Å². The highest BCUT2D eigenvalue weighted by atomic mass is 16.6. The molecule has 49 heavy (non-hydrogen) atoms. The Morgan fingerprint density at radius 2 is 0.980 bits per heavy atom. The van der Waals surface area contributed by atoms with Crippen LogP contribution in [0.15, 0.2) is 48.5 Å². The highest BCUT2D eigenvalue weighted by Gasteiger charge is 2.53. The third kappa shape index (κ3) is 8.18. The minimum atomic E-state index is -0.324. The van der Waals surface area contributed by atoms with Crippen molar-refractivity contribution in [3.05, 3.63) is 59.7 Å². The van der Waals surface area contributed by atoms with Crippen LogP contribution in [0.25, 0.3) is 0 Å². The molecular weight excluding hydrogens is 624 g/mol. The number of hydrogen-bond acceptors (Lipinski definition) is 8. The fourth-order valence-electron chi connectivity index (χ4n) is 9.50. The predicted octanol–water partition coefficient (Wildman–Crippen LogP) is 5.77. The normalized spacial score (nSPS) is 31.5. The van der Waals surface area contributed by atoms with Crippen LogP contribution in [0.2, 0.25) is 0 Å². The summed E-state index contributed by atoms with van der Waals surface area (Å²) in [6.45, 7) is 4.51. The summed E-state index contributed by atoms with van der Waals surface area (Å²) in [6.07, 6.45) is 8.44. The lowest BCUT2D eigenvalue weighted by Crippen LogP contribution is -2.58. The van der Waals surface area contributed by atoms with Crippen molar-refractivity contribution in [1.29, 1.82) is 0 Å². The number of benzene rings is 2. The number of fused-ring (bicyclic) bond motifs is 4. The Balaban J connectivity index is 0.921. The summed E-state index contributed by atoms with van der Waals surface area (Å²) in [7, 11) is 4.60. The number of ether oxygens (including phenoxy) is 4. The van der Waals surface area contributed by atoms with Gasteiger partial charge in [-0.15, -0.1) is 0 Å². The molecule has 0 radical (unpaired) electrons. The van der Waals surface area contributed by atoms with E-state index in [9.17, 15) is 19.2 Å². The second-order valence-electron chi connectivity index (χ2n) is 15.3. The Labute approximate surface area is 289 Å². The zero-order chi connectivity index (χ0) is 34.8. The van der Waals surface area contributed by atoms with Crippen molar-refractivity contribution in [3.8, 4) is 11.5 Å². The molecule has 0 amide bonds. The van der Waals surface area contributed by atoms with Gasteiger partial charge in [-0.1, -0.05) is 24.3 Å². The maximum atomic E-state index is 12.8. The van der Waals surface area contributed by atoms with Gasteiger partial charge in [0.1, 0.15) is 36.8 Å². The molecule has 4 aliphatic rings. The van der Waals surface area contributed by atoms with Gasteiger partial charge in [-0.05, 0) is 30.7 Å². The van der Waals surface area contributed by atoms with Crippen LogP contribution in [0.4, 0.5) is 0 Å². The van der Waals surface area contributed by atoms with E-state index in [1.165, 1.54) is 13.8 Å². The van der Waals surface area contributed by atoms with Gasteiger partial charge in [-0.2, -0.15) is 0 Å². The van der Waals surface area contributed by atoms with Crippen LogP contribution < -0.4 is 9.47 Å². The Hall–Kier alpha value is -3.76. The van der Waals surface area contributed by atoms with E-state index >= 15 is 0 Å². The van der Waals surface area contributed by atoms with Gasteiger partial charge >= 0.3 is 23.9 Å². The van der Waals surface area contributed by atoms with Crippen molar-refractivity contribution in [3.63, 3.8) is 0 Å². The molecule has 4 bridgehead atoms. The number of carbonyl (C=O) groups is 4. The molecule has 4 atom stereocenters. The smallest absolute Gasteiger partial charge is 0.308 e. The molecule has 4 heterocycles. The molecule has 0 saturated carbocycles. The molecule has 4 saturated heterocycles. The van der Waals surface area contributed by atoms with E-state index in [-0.39, 0.29) is 48.9 Å². The lowest BCUT2D eigenvalue weighted by molar-refractivity contribution is -0.961. The minimum Gasteiger partial charge on any atom is -0.462 e. The number of piperidine rings is 2. The van der Waals surface area contributed by atoms with Crippen molar-refractivity contribution in [1.82, 2.24) is 0 Å². The Bertz CT molecular complexity index is 1420. The van der Waals surface area contributed by atoms with Crippen LogP contribution in [-0.4, -0.2) is 83.3 Å². The fraction of sp³-hybridized carbons (Fsp3) is 0.590. The number of nitrogens with zero attached hydrogens (tertiary/aromatic N) is 2. The van der Waals surface area contributed by atoms with Crippen molar-refractivity contribution < 1.29 is 47.1 Å². The second kappa shape index (κ2) is 14.6. The summed E-state index contributed by atoms with van der Waals surface area (Å²) >= 11 is 0. The molecule has 0 spiro atoms. The van der Waals surface area contributed by atoms with E-state index in [1.807, 2.05) is 24.3 Å². The van der Waals surface area contributed by atoms with Crippen LogP contribution in [0.1, 0.15) is 95.6 Å². The SMILES string of the molecule is CC(=O)Oc1cccc(C[N+]2(C)C3CCC2CC(OC(=O)CCCC(=O)OC2CC4CCC(C2)[N+]4(C)Cc2cccc(OC(C)=O)c2)C3)c1. The summed E-state index contributed by atoms with van der Waals surface area (Å²) in [5, 5.41) is 0. The first-order valence-corrected chi connectivity index (χ1v) is 18.0. The molecule has 4 fully saturated rings. The topological polar surface area (TPSA) is 105 Å². The molecule has 10 heteroatoms. The van der Waals surface area contributed by atoms with Gasteiger partial charge in [-0.3, -0.25) is 19.2 Å². The van der Waals surface area contributed by atoms with E-state index in [0.29, 0.717) is 42.1 Å². The molecule has 6 rings (SSSR count). The number of quaternary nitrogens is 2. The Morgan fingerprint density at radius 3 is 1.33 bits per heavy atom. The molecule has 4 aliphatic heterocycles. The standard InChI is InChI=1S/C39H52N2O8/c1-26(42)46-34-10-5-8-28(18-34)24-40(3)30-14-15-31(40)21-36(20-30)48-38(44)12-7-13-39(45)49-37-22-32-16-17-33(23-37)41(32,4)25-29-9-6-11-35(19-29)47-27(2)43/h5-6,8-11,18-19,30-33,36-37H,7,12-17,20-25H2,1-4H3/q+2. The molecule has 0 N–H and O–H groups in total. The van der Waals surface area contributed by atoms with Gasteiger partial charge in [0, 0.05) is 89.2 Å². The van der Waals surface area contributed by atoms with Gasteiger partial charge < -0.3 is 27.9 Å². The third-order valence-corrected chi connectivity index (χ3v) is 11.9. The molecule has 0 aromatic heterocycles. The summed E-state index contributed by atoms with van der Waals surface area (Å²) in [4.78, 5) is 48.5. The Kier molecular flexibility index (Phi) is 10.5. The summed E-state index contributed by atoms with van der Waals surface area (Å²) in [5.74, 6) is 0.0283. The van der Waals surface area contributed by atoms with Gasteiger partial charge in [0.25, 0.3) is 0 Å². The number of carbonyl (C=O) groups excluding carboxylic acids is 4. The second-order valence-corrected chi connectivity index (χ2v) is 15.3. The van der Waals surface area contributed by atoms with Crippen molar-refractivity contribution in [2.45, 2.75) is 134 Å². The predicted molar refractivity (Wildman–Crippen MR) is 181 cm³/mol. The summed E-state index contributed by atoms with van der Waals surface area (Å²) < 4.78 is 24.3. The summed E-state index contributed by atoms with van der Waals surface area (Å²) in [6, 6.07) is 17.1. The monoisotopic (exact) mass is 676 g/mol. The first kappa shape index (κ1) is 35.1. The first-order chi connectivity index (χ1) is 23.4. The van der Waals surface area contributed by atoms with E-state index in [0.717, 1.165) is 84.5 Å². The number of hydrogen-bond donors (Lipinski definition) is 0. The third-order valence-electron chi connectivity index (χ3n) is 11.9. The largest absolute Gasteiger partial charge is 0.462 e. The lowest BCUT2D eigenvalue weighted by Gasteiger charge is -2.47. The average molecular weight is 677 g/mol. The zero-order valence-corrected chi connectivity index (χ0v) is 29.4. The molecule has 2 aromatic carbocycles. The quantitative estimate of drug-likeness (QED) is 0.159. The highest BCUT2D eigenvalue weighted by Crippen LogP contribution is 2.45. The average Bonchev–Trinajstić information content (AvgIpc) is 3.26. The van der Waals surface area contributed by atoms with E-state index in [4.69, 9.17) is 18.9 Å². The molecule has 0 aliphatic carbocycles. The van der Waals surface area contributed by atoms with Crippen LogP contribution in [0.3, 0.4) is 0 Å². The molecule has 2 aromatic rings. The highest BCUT2D eigenvalue weighted by molar-refractivity contribution is 5.73. The van der Waals surface area contributed by atoms with Crippen molar-refractivity contribution in [2.75, 3.05) is 14.1 Å². The van der Waals surface area contributed by atoms with Gasteiger partial charge in [-0.25, -0.2) is 0 Å². The van der Waals surface area contributed by atoms with Crippen LogP contribution in [0, 0.1) is 0 Å². The number of rotatable bonds is 12. The van der Waals surface area contributed by atoms with Gasteiger partial charge in [0.05, 0.1) is 38.3 Å². The van der Waals surface area contributed by atoms with Crippen molar-refractivity contribution >= 4 is 23.9 Å². The van der Waals surface area contributed by atoms with E-state index in [2.05, 4.69) is 26.2 Å². The minimum absolute atomic E-state index is 0.0928. The molecule has 10 nitrogen and oxygen atoms in total. The fourth-order valence-corrected chi connectivity index (χ4v) is 9.50. The van der Waals surface area contributed by atoms with Crippen LogP contribution in [-0.2, 0) is 41.7 Å². The van der Waals surface area contributed by atoms with Crippen molar-refractivity contribution in [2.24, 2.45) is 0 Å². The maximum absolute atomic E-state index is 12.8.